The number of carboxylic acids is 1. The lowest BCUT2D eigenvalue weighted by Gasteiger charge is -2.49. The smallest absolute Gasteiger partial charge is 0.364 e. The van der Waals surface area contributed by atoms with E-state index in [1.807, 2.05) is 0 Å². The van der Waals surface area contributed by atoms with Crippen molar-refractivity contribution in [2.75, 3.05) is 13.2 Å². The van der Waals surface area contributed by atoms with Gasteiger partial charge in [-0.15, -0.1) is 0 Å². The summed E-state index contributed by atoms with van der Waals surface area (Å²) < 4.78 is 15.5. The molecule has 0 aromatic rings. The van der Waals surface area contributed by atoms with Gasteiger partial charge >= 0.3 is 5.97 Å². The molecule has 2 heterocycles. The molecule has 32 heavy (non-hydrogen) atoms. The van der Waals surface area contributed by atoms with Crippen LogP contribution in [-0.2, 0) is 23.8 Å². The van der Waals surface area contributed by atoms with Crippen molar-refractivity contribution in [3.05, 3.63) is 0 Å². The largest absolute Gasteiger partial charge is 0.477 e. The molecule has 2 aliphatic heterocycles. The van der Waals surface area contributed by atoms with Crippen LogP contribution in [0.2, 0.25) is 0 Å². The fraction of sp³-hybridized carbons (Fsp3) is 0.882. The Morgan fingerprint density at radius 2 is 1.78 bits per heavy atom. The predicted octanol–water partition coefficient (Wildman–Crippen LogP) is -6.05. The van der Waals surface area contributed by atoms with Crippen molar-refractivity contribution in [3.63, 3.8) is 0 Å². The summed E-state index contributed by atoms with van der Waals surface area (Å²) in [7, 11) is 0. The fourth-order valence-electron chi connectivity index (χ4n) is 3.67. The van der Waals surface area contributed by atoms with Gasteiger partial charge in [0.25, 0.3) is 5.79 Å². The molecule has 186 valence electrons. The van der Waals surface area contributed by atoms with Crippen molar-refractivity contribution < 1.29 is 69.8 Å². The maximum Gasteiger partial charge on any atom is 0.364 e. The van der Waals surface area contributed by atoms with E-state index < -0.39 is 98.5 Å². The van der Waals surface area contributed by atoms with Gasteiger partial charge in [-0.3, -0.25) is 4.79 Å². The molecule has 0 spiro atoms. The van der Waals surface area contributed by atoms with Gasteiger partial charge < -0.3 is 65.5 Å². The minimum absolute atomic E-state index is 0.693. The van der Waals surface area contributed by atoms with E-state index in [4.69, 9.17) is 19.3 Å². The molecule has 0 bridgehead atoms. The predicted molar refractivity (Wildman–Crippen MR) is 97.4 cm³/mol. The minimum atomic E-state index is -2.86. The molecule has 2 aliphatic rings. The third-order valence-electron chi connectivity index (χ3n) is 5.35. The zero-order chi connectivity index (χ0) is 24.4. The standard InChI is InChI=1S/C17H29NO14/c1-5(21)18-9-6(22)2-17(16(28)29,31-13(9)10(24)7(23)3-19)32-14-11(25)8(4-20)30-15(27)12(14)26/h6-15,19-20,22-27H,2-4H2,1H3,(H,18,21)(H,28,29)/t6-,7+,8+,9+,10+,11+,12-,13+,14-,15+,17-/m0/s1. The number of aliphatic carboxylic acids is 1. The number of rotatable bonds is 8. The molecule has 0 saturated carbocycles. The van der Waals surface area contributed by atoms with E-state index >= 15 is 0 Å². The third kappa shape index (κ3) is 5.35. The van der Waals surface area contributed by atoms with Gasteiger partial charge in [-0.25, -0.2) is 4.79 Å². The third-order valence-corrected chi connectivity index (χ3v) is 5.35. The Hall–Kier alpha value is -1.50. The number of nitrogens with one attached hydrogen (secondary N) is 1. The van der Waals surface area contributed by atoms with Crippen molar-refractivity contribution >= 4 is 11.9 Å². The normalized spacial score (nSPS) is 42.2. The SMILES string of the molecule is CC(=O)N[C@H]1[C@H]([C@H](O)[C@H](O)CO)O[C@@](O[C@@H]2[C@H](O)[C@H](O)O[C@H](CO)[C@H]2O)(C(=O)O)C[C@@H]1O. The van der Waals surface area contributed by atoms with Crippen LogP contribution in [0.1, 0.15) is 13.3 Å². The molecule has 1 amide bonds. The molecule has 10 N–H and O–H groups in total. The molecule has 0 radical (unpaired) electrons. The number of hydrogen-bond donors (Lipinski definition) is 10. The lowest BCUT2D eigenvalue weighted by molar-refractivity contribution is -0.366. The van der Waals surface area contributed by atoms with Crippen LogP contribution in [0.25, 0.3) is 0 Å². The van der Waals surface area contributed by atoms with Crippen molar-refractivity contribution in [1.82, 2.24) is 5.32 Å². The number of hydrogen-bond acceptors (Lipinski definition) is 13. The van der Waals surface area contributed by atoms with E-state index in [1.54, 1.807) is 0 Å². The first-order valence-electron chi connectivity index (χ1n) is 9.70. The highest BCUT2D eigenvalue weighted by Gasteiger charge is 2.59. The molecule has 0 unspecified atom stereocenters. The second-order valence-electron chi connectivity index (χ2n) is 7.69. The maximum absolute atomic E-state index is 12.1. The molecule has 15 heteroatoms. The monoisotopic (exact) mass is 471 g/mol. The van der Waals surface area contributed by atoms with Crippen LogP contribution in [0.15, 0.2) is 0 Å². The summed E-state index contributed by atoms with van der Waals surface area (Å²) in [5.74, 6) is -5.44. The summed E-state index contributed by atoms with van der Waals surface area (Å²) in [6.45, 7) is -0.741. The lowest BCUT2D eigenvalue weighted by atomic mass is 9.88. The first kappa shape index (κ1) is 26.7. The zero-order valence-corrected chi connectivity index (χ0v) is 17.0. The van der Waals surface area contributed by atoms with Gasteiger partial charge in [0.15, 0.2) is 6.29 Å². The Balaban J connectivity index is 2.42. The molecular formula is C17H29NO14. The number of carbonyl (C=O) groups excluding carboxylic acids is 1. The van der Waals surface area contributed by atoms with Crippen molar-refractivity contribution in [1.29, 1.82) is 0 Å². The Bertz CT molecular complexity index is 665. The van der Waals surface area contributed by atoms with Crippen LogP contribution in [0, 0.1) is 0 Å². The summed E-state index contributed by atoms with van der Waals surface area (Å²) in [5, 5.41) is 91.5. The highest BCUT2D eigenvalue weighted by atomic mass is 16.7. The summed E-state index contributed by atoms with van der Waals surface area (Å²) in [4.78, 5) is 23.6. The quantitative estimate of drug-likeness (QED) is 0.158. The Labute approximate surface area is 181 Å². The molecule has 2 saturated heterocycles. The number of aliphatic hydroxyl groups is 8. The van der Waals surface area contributed by atoms with E-state index in [-0.39, 0.29) is 0 Å². The Morgan fingerprint density at radius 1 is 1.16 bits per heavy atom. The van der Waals surface area contributed by atoms with Crippen LogP contribution in [0.4, 0.5) is 0 Å². The average Bonchev–Trinajstić information content (AvgIpc) is 2.73. The van der Waals surface area contributed by atoms with Crippen LogP contribution in [0.5, 0.6) is 0 Å². The fourth-order valence-corrected chi connectivity index (χ4v) is 3.67. The number of ether oxygens (including phenoxy) is 3. The Morgan fingerprint density at radius 3 is 2.28 bits per heavy atom. The highest BCUT2D eigenvalue weighted by Crippen LogP contribution is 2.37. The van der Waals surface area contributed by atoms with Crippen molar-refractivity contribution in [2.45, 2.75) is 80.3 Å². The molecular weight excluding hydrogens is 442 g/mol. The molecule has 15 nitrogen and oxygen atoms in total. The van der Waals surface area contributed by atoms with E-state index in [0.717, 1.165) is 6.92 Å². The average molecular weight is 471 g/mol. The molecule has 0 aliphatic carbocycles. The van der Waals surface area contributed by atoms with Crippen LogP contribution in [0.3, 0.4) is 0 Å². The zero-order valence-electron chi connectivity index (χ0n) is 17.0. The van der Waals surface area contributed by atoms with E-state index in [0.29, 0.717) is 0 Å². The second-order valence-corrected chi connectivity index (χ2v) is 7.69. The number of amides is 1. The molecule has 0 aromatic heterocycles. The van der Waals surface area contributed by atoms with Crippen molar-refractivity contribution in [2.24, 2.45) is 0 Å². The molecule has 2 fully saturated rings. The van der Waals surface area contributed by atoms with E-state index in [9.17, 15) is 50.4 Å². The first-order chi connectivity index (χ1) is 14.9. The van der Waals surface area contributed by atoms with Crippen LogP contribution >= 0.6 is 0 Å². The minimum Gasteiger partial charge on any atom is -0.477 e. The number of aliphatic hydroxyl groups excluding tert-OH is 8. The van der Waals surface area contributed by atoms with Gasteiger partial charge in [-0.1, -0.05) is 0 Å². The van der Waals surface area contributed by atoms with Crippen LogP contribution < -0.4 is 5.32 Å². The van der Waals surface area contributed by atoms with Crippen molar-refractivity contribution in [3.8, 4) is 0 Å². The molecule has 11 atom stereocenters. The van der Waals surface area contributed by atoms with Gasteiger partial charge in [0.2, 0.25) is 5.91 Å². The van der Waals surface area contributed by atoms with Crippen LogP contribution in [-0.4, -0.2) is 138 Å². The number of carbonyl (C=O) groups is 2. The lowest BCUT2D eigenvalue weighted by Crippen LogP contribution is -2.70. The molecule has 0 aromatic carbocycles. The molecule has 2 rings (SSSR count). The summed E-state index contributed by atoms with van der Waals surface area (Å²) in [6, 6.07) is -1.44. The van der Waals surface area contributed by atoms with Gasteiger partial charge in [0, 0.05) is 13.3 Å². The summed E-state index contributed by atoms with van der Waals surface area (Å²) in [5.41, 5.74) is 0. The van der Waals surface area contributed by atoms with Gasteiger partial charge in [-0.2, -0.15) is 0 Å². The maximum atomic E-state index is 12.1. The summed E-state index contributed by atoms with van der Waals surface area (Å²) in [6.07, 6.45) is -17.6. The number of carboxylic acid groups (broad SMARTS) is 1. The Kier molecular flexibility index (Phi) is 8.88. The van der Waals surface area contributed by atoms with Gasteiger partial charge in [-0.05, 0) is 0 Å². The van der Waals surface area contributed by atoms with Gasteiger partial charge in [0.1, 0.15) is 42.7 Å². The second kappa shape index (κ2) is 10.6. The van der Waals surface area contributed by atoms with Gasteiger partial charge in [0.05, 0.1) is 25.4 Å². The first-order valence-corrected chi connectivity index (χ1v) is 9.70. The summed E-state index contributed by atoms with van der Waals surface area (Å²) >= 11 is 0. The highest BCUT2D eigenvalue weighted by molar-refractivity contribution is 5.76. The topological polar surface area (TPSA) is 256 Å². The van der Waals surface area contributed by atoms with E-state index in [2.05, 4.69) is 5.32 Å². The van der Waals surface area contributed by atoms with E-state index in [1.165, 1.54) is 0 Å².